The van der Waals surface area contributed by atoms with E-state index in [0.717, 1.165) is 0 Å². The van der Waals surface area contributed by atoms with E-state index in [9.17, 15) is 4.79 Å². The van der Waals surface area contributed by atoms with E-state index >= 15 is 0 Å². The van der Waals surface area contributed by atoms with Gasteiger partial charge in [-0.15, -0.1) is 0 Å². The van der Waals surface area contributed by atoms with E-state index in [0.29, 0.717) is 5.02 Å². The maximum absolute atomic E-state index is 10.00. The summed E-state index contributed by atoms with van der Waals surface area (Å²) in [5, 5.41) is 8.73. The first-order valence-corrected chi connectivity index (χ1v) is 3.22. The molecule has 0 radical (unpaired) electrons. The first-order chi connectivity index (χ1) is 5.18. The van der Waals surface area contributed by atoms with Crippen LogP contribution in [0.2, 0.25) is 5.02 Å². The molecule has 0 heterocycles. The molecule has 1 aromatic carbocycles. The van der Waals surface area contributed by atoms with E-state index in [1.165, 1.54) is 12.1 Å². The SMILES string of the molecule is O=C(O)Oc1ccc(Cl)cc1.[BiH3]. The molecule has 5 heteroatoms. The van der Waals surface area contributed by atoms with Gasteiger partial charge in [-0.2, -0.15) is 0 Å². The van der Waals surface area contributed by atoms with E-state index in [2.05, 4.69) is 4.74 Å². The monoisotopic (exact) mass is 384 g/mol. The quantitative estimate of drug-likeness (QED) is 0.450. The van der Waals surface area contributed by atoms with Crippen LogP contribution in [-0.2, 0) is 0 Å². The molecule has 1 rings (SSSR count). The Morgan fingerprint density at radius 3 is 2.25 bits per heavy atom. The summed E-state index contributed by atoms with van der Waals surface area (Å²) in [7, 11) is 0. The molecule has 12 heavy (non-hydrogen) atoms. The summed E-state index contributed by atoms with van der Waals surface area (Å²) in [6.45, 7) is 0. The Morgan fingerprint density at radius 2 is 1.83 bits per heavy atom. The predicted octanol–water partition coefficient (Wildman–Crippen LogP) is 1.21. The Bertz CT molecular complexity index is 260. The van der Waals surface area contributed by atoms with Gasteiger partial charge < -0.3 is 9.84 Å². The van der Waals surface area contributed by atoms with Crippen LogP contribution in [0.5, 0.6) is 5.75 Å². The normalized spacial score (nSPS) is 8.42. The van der Waals surface area contributed by atoms with Crippen molar-refractivity contribution in [3.63, 3.8) is 0 Å². The predicted molar refractivity (Wildman–Crippen MR) is 50.0 cm³/mol. The summed E-state index contributed by atoms with van der Waals surface area (Å²) >= 11 is 5.55. The molecule has 0 amide bonds. The van der Waals surface area contributed by atoms with Crippen LogP contribution in [0.1, 0.15) is 0 Å². The van der Waals surface area contributed by atoms with Crippen LogP contribution in [0.4, 0.5) is 4.79 Å². The summed E-state index contributed by atoms with van der Waals surface area (Å²) in [4.78, 5) is 10.00. The minimum atomic E-state index is -1.33. The van der Waals surface area contributed by atoms with Gasteiger partial charge in [-0.3, -0.25) is 0 Å². The van der Waals surface area contributed by atoms with Gasteiger partial charge in [-0.05, 0) is 24.3 Å². The summed E-state index contributed by atoms with van der Waals surface area (Å²) in [5.74, 6) is 0.266. The van der Waals surface area contributed by atoms with E-state index < -0.39 is 6.16 Å². The molecular formula is C7H8BiClO3. The molecular weight excluding hydrogens is 377 g/mol. The third-order valence-corrected chi connectivity index (χ3v) is 1.27. The molecule has 66 valence electrons. The molecule has 0 aliphatic heterocycles. The number of carbonyl (C=O) groups is 1. The average molecular weight is 385 g/mol. The second kappa shape index (κ2) is 5.33. The van der Waals surface area contributed by atoms with Crippen molar-refractivity contribution in [2.75, 3.05) is 0 Å². The van der Waals surface area contributed by atoms with Gasteiger partial charge in [0.25, 0.3) is 0 Å². The molecule has 0 unspecified atom stereocenters. The van der Waals surface area contributed by atoms with Gasteiger partial charge in [0.15, 0.2) is 0 Å². The van der Waals surface area contributed by atoms with Crippen LogP contribution in [0.3, 0.4) is 0 Å². The van der Waals surface area contributed by atoms with Gasteiger partial charge >= 0.3 is 32.4 Å². The summed E-state index contributed by atoms with van der Waals surface area (Å²) in [6.07, 6.45) is -1.33. The van der Waals surface area contributed by atoms with Gasteiger partial charge in [0.05, 0.1) is 0 Å². The van der Waals surface area contributed by atoms with Crippen LogP contribution < -0.4 is 4.74 Å². The second-order valence-corrected chi connectivity index (χ2v) is 2.26. The van der Waals surface area contributed by atoms with Crippen molar-refractivity contribution in [1.82, 2.24) is 0 Å². The fraction of sp³-hybridized carbons (Fsp3) is 0. The van der Waals surface area contributed by atoms with Crippen molar-refractivity contribution in [3.8, 4) is 5.75 Å². The van der Waals surface area contributed by atoms with E-state index in [1.807, 2.05) is 0 Å². The minimum absolute atomic E-state index is 0. The molecule has 0 aliphatic carbocycles. The summed E-state index contributed by atoms with van der Waals surface area (Å²) < 4.78 is 4.33. The van der Waals surface area contributed by atoms with E-state index in [-0.39, 0.29) is 32.0 Å². The van der Waals surface area contributed by atoms with Crippen LogP contribution in [0.25, 0.3) is 0 Å². The molecule has 0 saturated carbocycles. The maximum atomic E-state index is 10.00. The fourth-order valence-electron chi connectivity index (χ4n) is 0.603. The zero-order valence-electron chi connectivity index (χ0n) is 6.16. The summed E-state index contributed by atoms with van der Waals surface area (Å²) in [6, 6.07) is 6.08. The Morgan fingerprint density at radius 1 is 1.33 bits per heavy atom. The van der Waals surface area contributed by atoms with Crippen LogP contribution in [0.15, 0.2) is 24.3 Å². The third-order valence-electron chi connectivity index (χ3n) is 1.02. The van der Waals surface area contributed by atoms with Crippen LogP contribution in [0, 0.1) is 0 Å². The Kier molecular flexibility index (Phi) is 5.18. The van der Waals surface area contributed by atoms with Gasteiger partial charge in [-0.25, -0.2) is 4.79 Å². The summed E-state index contributed by atoms with van der Waals surface area (Å²) in [5.41, 5.74) is 0. The second-order valence-electron chi connectivity index (χ2n) is 1.82. The third kappa shape index (κ3) is 3.88. The molecule has 0 aromatic heterocycles. The van der Waals surface area contributed by atoms with Gasteiger partial charge in [0.1, 0.15) is 5.75 Å². The Labute approximate surface area is 93.4 Å². The molecule has 0 spiro atoms. The van der Waals surface area contributed by atoms with Crippen molar-refractivity contribution < 1.29 is 14.6 Å². The number of halogens is 1. The zero-order valence-corrected chi connectivity index (χ0v) is 12.4. The standard InChI is InChI=1S/C7H5ClO3.Bi.3H/c8-5-1-3-6(4-2-5)11-7(9)10;;;;/h1-4H,(H,9,10);;;;. The van der Waals surface area contributed by atoms with Crippen molar-refractivity contribution in [1.29, 1.82) is 0 Å². The van der Waals surface area contributed by atoms with Gasteiger partial charge in [0, 0.05) is 5.02 Å². The zero-order chi connectivity index (χ0) is 8.27. The fourth-order valence-corrected chi connectivity index (χ4v) is 0.729. The van der Waals surface area contributed by atoms with Crippen molar-refractivity contribution >= 4 is 44.0 Å². The average Bonchev–Trinajstić information content (AvgIpc) is 1.93. The van der Waals surface area contributed by atoms with Crippen LogP contribution in [-0.4, -0.2) is 37.5 Å². The molecule has 1 N–H and O–H groups in total. The Balaban J connectivity index is 0.00000121. The van der Waals surface area contributed by atoms with Crippen molar-refractivity contribution in [2.45, 2.75) is 0 Å². The number of ether oxygens (including phenoxy) is 1. The molecule has 0 saturated heterocycles. The van der Waals surface area contributed by atoms with E-state index in [1.54, 1.807) is 12.1 Å². The number of hydrogen-bond acceptors (Lipinski definition) is 2. The topological polar surface area (TPSA) is 46.5 Å². The number of benzene rings is 1. The molecule has 0 fully saturated rings. The molecule has 0 aliphatic rings. The van der Waals surface area contributed by atoms with Gasteiger partial charge in [-0.1, -0.05) is 11.6 Å². The number of hydrogen-bond donors (Lipinski definition) is 1. The van der Waals surface area contributed by atoms with Gasteiger partial charge in [0.2, 0.25) is 0 Å². The molecule has 1 aromatic rings. The Hall–Kier alpha value is -0.337. The molecule has 0 bridgehead atoms. The first kappa shape index (κ1) is 11.7. The molecule has 3 nitrogen and oxygen atoms in total. The number of rotatable bonds is 1. The molecule has 0 atom stereocenters. The van der Waals surface area contributed by atoms with Crippen molar-refractivity contribution in [2.24, 2.45) is 0 Å². The van der Waals surface area contributed by atoms with E-state index in [4.69, 9.17) is 16.7 Å². The van der Waals surface area contributed by atoms with Crippen LogP contribution >= 0.6 is 11.6 Å². The first-order valence-electron chi connectivity index (χ1n) is 2.85. The van der Waals surface area contributed by atoms with Crippen molar-refractivity contribution in [3.05, 3.63) is 29.3 Å². The number of carboxylic acid groups (broad SMARTS) is 1.